The Labute approximate surface area is 169 Å². The summed E-state index contributed by atoms with van der Waals surface area (Å²) in [4.78, 5) is 34.3. The van der Waals surface area contributed by atoms with Crippen molar-refractivity contribution >= 4 is 41.8 Å². The van der Waals surface area contributed by atoms with Crippen LogP contribution in [-0.4, -0.2) is 83.8 Å². The van der Waals surface area contributed by atoms with Crippen molar-refractivity contribution in [2.45, 2.75) is 59.2 Å². The van der Waals surface area contributed by atoms with Gasteiger partial charge in [0.2, 0.25) is 11.8 Å². The molecular weight excluding hydrogens is 433 g/mol. The van der Waals surface area contributed by atoms with Gasteiger partial charge in [0, 0.05) is 32.7 Å². The van der Waals surface area contributed by atoms with Gasteiger partial charge in [0.05, 0.1) is 12.1 Å². The number of hydrogen-bond donors (Lipinski definition) is 1. The molecule has 2 amide bonds. The predicted octanol–water partition coefficient (Wildman–Crippen LogP) is 1.38. The van der Waals surface area contributed by atoms with Crippen molar-refractivity contribution < 1.29 is 9.59 Å². The van der Waals surface area contributed by atoms with E-state index in [9.17, 15) is 9.59 Å². The lowest BCUT2D eigenvalue weighted by Gasteiger charge is -2.49. The zero-order chi connectivity index (χ0) is 18.7. The van der Waals surface area contributed by atoms with Gasteiger partial charge in [0.15, 0.2) is 5.96 Å². The topological polar surface area (TPSA) is 68.2 Å². The van der Waals surface area contributed by atoms with Gasteiger partial charge >= 0.3 is 0 Å². The van der Waals surface area contributed by atoms with E-state index < -0.39 is 0 Å². The number of carbonyl (C=O) groups is 2. The predicted molar refractivity (Wildman–Crippen MR) is 112 cm³/mol. The van der Waals surface area contributed by atoms with Crippen LogP contribution in [0.2, 0.25) is 0 Å². The Morgan fingerprint density at radius 3 is 2.24 bits per heavy atom. The third kappa shape index (κ3) is 6.63. The van der Waals surface area contributed by atoms with Crippen LogP contribution in [0, 0.1) is 0 Å². The molecule has 0 saturated carbocycles. The second-order valence-electron chi connectivity index (χ2n) is 7.75. The SMILES string of the molecule is CC(C)NC(=NCC(=O)N(C)C)N1CC(=O)N(C(C)C)C(C)(C)C1.I. The molecule has 1 fully saturated rings. The normalized spacial score (nSPS) is 17.7. The highest BCUT2D eigenvalue weighted by Crippen LogP contribution is 2.24. The second kappa shape index (κ2) is 9.59. The number of halogens is 1. The summed E-state index contributed by atoms with van der Waals surface area (Å²) in [5.74, 6) is 0.632. The van der Waals surface area contributed by atoms with Gasteiger partial charge in [0.1, 0.15) is 6.54 Å². The molecule has 0 aromatic rings. The number of aliphatic imine (C=N–C) groups is 1. The van der Waals surface area contributed by atoms with E-state index in [2.05, 4.69) is 24.2 Å². The number of piperazine rings is 1. The fraction of sp³-hybridized carbons (Fsp3) is 0.824. The van der Waals surface area contributed by atoms with Crippen LogP contribution < -0.4 is 5.32 Å². The van der Waals surface area contributed by atoms with E-state index in [0.29, 0.717) is 12.5 Å². The number of hydrogen-bond acceptors (Lipinski definition) is 3. The van der Waals surface area contributed by atoms with Gasteiger partial charge < -0.3 is 20.0 Å². The van der Waals surface area contributed by atoms with E-state index in [1.807, 2.05) is 37.5 Å². The lowest BCUT2D eigenvalue weighted by Crippen LogP contribution is -2.66. The van der Waals surface area contributed by atoms with Gasteiger partial charge in [-0.05, 0) is 41.5 Å². The number of nitrogens with zero attached hydrogens (tertiary/aromatic N) is 4. The van der Waals surface area contributed by atoms with Crippen LogP contribution in [0.4, 0.5) is 0 Å². The number of likely N-dealkylation sites (N-methyl/N-ethyl adjacent to an activating group) is 1. The summed E-state index contributed by atoms with van der Waals surface area (Å²) in [5.41, 5.74) is -0.297. The molecule has 0 aromatic heterocycles. The van der Waals surface area contributed by atoms with Crippen molar-refractivity contribution in [3.63, 3.8) is 0 Å². The minimum atomic E-state index is -0.297. The Bertz CT molecular complexity index is 503. The molecule has 7 nitrogen and oxygen atoms in total. The summed E-state index contributed by atoms with van der Waals surface area (Å²) >= 11 is 0. The average molecular weight is 467 g/mol. The molecule has 0 radical (unpaired) electrons. The molecule has 0 unspecified atom stereocenters. The average Bonchev–Trinajstić information content (AvgIpc) is 2.39. The van der Waals surface area contributed by atoms with Gasteiger partial charge in [-0.1, -0.05) is 0 Å². The Morgan fingerprint density at radius 2 is 1.84 bits per heavy atom. The van der Waals surface area contributed by atoms with Crippen molar-refractivity contribution in [2.75, 3.05) is 33.7 Å². The van der Waals surface area contributed by atoms with Gasteiger partial charge in [-0.15, -0.1) is 24.0 Å². The number of rotatable bonds is 4. The van der Waals surface area contributed by atoms with Crippen LogP contribution in [-0.2, 0) is 9.59 Å². The van der Waals surface area contributed by atoms with E-state index in [4.69, 9.17) is 0 Å². The first-order valence-electron chi connectivity index (χ1n) is 8.54. The van der Waals surface area contributed by atoms with Crippen molar-refractivity contribution in [3.8, 4) is 0 Å². The first-order chi connectivity index (χ1) is 11.0. The highest BCUT2D eigenvalue weighted by Gasteiger charge is 2.40. The molecule has 1 saturated heterocycles. The van der Waals surface area contributed by atoms with Crippen LogP contribution in [0.15, 0.2) is 4.99 Å². The molecule has 25 heavy (non-hydrogen) atoms. The summed E-state index contributed by atoms with van der Waals surface area (Å²) in [7, 11) is 3.42. The fourth-order valence-electron chi connectivity index (χ4n) is 3.09. The van der Waals surface area contributed by atoms with E-state index >= 15 is 0 Å². The number of amides is 2. The van der Waals surface area contributed by atoms with Gasteiger partial charge in [-0.25, -0.2) is 4.99 Å². The largest absolute Gasteiger partial charge is 0.354 e. The third-order valence-corrected chi connectivity index (χ3v) is 3.92. The number of nitrogens with one attached hydrogen (secondary N) is 1. The van der Waals surface area contributed by atoms with E-state index in [-0.39, 0.29) is 66.5 Å². The molecule has 0 bridgehead atoms. The zero-order valence-electron chi connectivity index (χ0n) is 16.8. The molecule has 1 aliphatic heterocycles. The molecule has 1 rings (SSSR count). The lowest BCUT2D eigenvalue weighted by molar-refractivity contribution is -0.145. The summed E-state index contributed by atoms with van der Waals surface area (Å²) in [6, 6.07) is 0.322. The standard InChI is InChI=1S/C17H33N5O2.HI/c1-12(2)19-16(18-9-14(23)20(7)8)21-10-15(24)22(13(3)4)17(5,6)11-21;/h12-13H,9-11H2,1-8H3,(H,18,19);1H. The maximum absolute atomic E-state index is 12.6. The van der Waals surface area contributed by atoms with E-state index in [1.165, 1.54) is 4.90 Å². The van der Waals surface area contributed by atoms with Gasteiger partial charge in [0.25, 0.3) is 0 Å². The van der Waals surface area contributed by atoms with Gasteiger partial charge in [-0.3, -0.25) is 9.59 Å². The molecule has 0 aromatic carbocycles. The molecule has 1 aliphatic rings. The van der Waals surface area contributed by atoms with Crippen molar-refractivity contribution in [3.05, 3.63) is 0 Å². The fourth-order valence-corrected chi connectivity index (χ4v) is 3.09. The van der Waals surface area contributed by atoms with Crippen LogP contribution in [0.5, 0.6) is 0 Å². The van der Waals surface area contributed by atoms with Crippen LogP contribution in [0.3, 0.4) is 0 Å². The van der Waals surface area contributed by atoms with E-state index in [1.54, 1.807) is 14.1 Å². The summed E-state index contributed by atoms with van der Waals surface area (Å²) in [6.45, 7) is 13.2. The molecule has 1 N–H and O–H groups in total. The quantitative estimate of drug-likeness (QED) is 0.386. The maximum Gasteiger partial charge on any atom is 0.243 e. The minimum absolute atomic E-state index is 0. The molecular formula is C17H34IN5O2. The summed E-state index contributed by atoms with van der Waals surface area (Å²) in [6.07, 6.45) is 0. The highest BCUT2D eigenvalue weighted by atomic mass is 127. The van der Waals surface area contributed by atoms with E-state index in [0.717, 1.165) is 0 Å². The second-order valence-corrected chi connectivity index (χ2v) is 7.75. The molecule has 8 heteroatoms. The van der Waals surface area contributed by atoms with Crippen molar-refractivity contribution in [1.29, 1.82) is 0 Å². The Morgan fingerprint density at radius 1 is 1.28 bits per heavy atom. The first-order valence-corrected chi connectivity index (χ1v) is 8.54. The smallest absolute Gasteiger partial charge is 0.243 e. The Kier molecular flexibility index (Phi) is 9.18. The minimum Gasteiger partial charge on any atom is -0.354 e. The Balaban J connectivity index is 0.00000576. The third-order valence-electron chi connectivity index (χ3n) is 3.92. The molecule has 0 spiro atoms. The molecule has 146 valence electrons. The Hall–Kier alpha value is -1.06. The highest BCUT2D eigenvalue weighted by molar-refractivity contribution is 14.0. The monoisotopic (exact) mass is 467 g/mol. The number of carbonyl (C=O) groups excluding carboxylic acids is 2. The van der Waals surface area contributed by atoms with Crippen molar-refractivity contribution in [1.82, 2.24) is 20.0 Å². The molecule has 0 atom stereocenters. The lowest BCUT2D eigenvalue weighted by atomic mass is 9.96. The van der Waals surface area contributed by atoms with Gasteiger partial charge in [-0.2, -0.15) is 0 Å². The zero-order valence-corrected chi connectivity index (χ0v) is 19.1. The molecule has 0 aliphatic carbocycles. The van der Waals surface area contributed by atoms with Crippen molar-refractivity contribution in [2.24, 2.45) is 4.99 Å². The first kappa shape index (κ1) is 23.9. The number of guanidine groups is 1. The van der Waals surface area contributed by atoms with Crippen LogP contribution in [0.1, 0.15) is 41.5 Å². The summed E-state index contributed by atoms with van der Waals surface area (Å²) in [5, 5.41) is 3.28. The van der Waals surface area contributed by atoms with Crippen LogP contribution in [0.25, 0.3) is 0 Å². The van der Waals surface area contributed by atoms with Crippen LogP contribution >= 0.6 is 24.0 Å². The maximum atomic E-state index is 12.6. The molecule has 1 heterocycles. The summed E-state index contributed by atoms with van der Waals surface area (Å²) < 4.78 is 0.